The molecule has 0 bridgehead atoms. The highest BCUT2D eigenvalue weighted by Gasteiger charge is 2.21. The van der Waals surface area contributed by atoms with Crippen molar-refractivity contribution >= 4 is 17.4 Å². The molecule has 0 saturated carbocycles. The minimum absolute atomic E-state index is 0.0331. The van der Waals surface area contributed by atoms with E-state index in [2.05, 4.69) is 101 Å². The van der Waals surface area contributed by atoms with Crippen LogP contribution in [0.4, 0.5) is 0 Å². The van der Waals surface area contributed by atoms with Gasteiger partial charge in [0.1, 0.15) is 11.5 Å². The SMILES string of the molecule is C=C(CCCCC(C)C(C)Cc1ccccc1)N[C@H](Cc1ccc(OC)c(Cl)c1)C(=C)NCC(C)C(=C)CC(CC(C)C)C(C)=O. The van der Waals surface area contributed by atoms with E-state index in [1.54, 1.807) is 14.0 Å². The molecule has 0 saturated heterocycles. The zero-order valence-corrected chi connectivity index (χ0v) is 30.5. The van der Waals surface area contributed by atoms with E-state index in [-0.39, 0.29) is 23.7 Å². The molecule has 0 heterocycles. The molecule has 0 fully saturated rings. The number of halogens is 1. The highest BCUT2D eigenvalue weighted by atomic mass is 35.5. The van der Waals surface area contributed by atoms with Crippen molar-refractivity contribution in [1.29, 1.82) is 0 Å². The average Bonchev–Trinajstić information content (AvgIpc) is 3.01. The van der Waals surface area contributed by atoms with Crippen molar-refractivity contribution in [2.24, 2.45) is 29.6 Å². The second kappa shape index (κ2) is 20.3. The van der Waals surface area contributed by atoms with Gasteiger partial charge in [-0.3, -0.25) is 4.79 Å². The maximum atomic E-state index is 12.3. The molecule has 254 valence electrons. The fraction of sp³-hybridized carbons (Fsp3) is 0.537. The van der Waals surface area contributed by atoms with Gasteiger partial charge in [0.25, 0.3) is 0 Å². The van der Waals surface area contributed by atoms with E-state index < -0.39 is 0 Å². The van der Waals surface area contributed by atoms with E-state index in [1.807, 2.05) is 12.1 Å². The number of hydrogen-bond acceptors (Lipinski definition) is 4. The molecule has 0 aliphatic carbocycles. The van der Waals surface area contributed by atoms with Gasteiger partial charge in [-0.2, -0.15) is 0 Å². The molecule has 2 N–H and O–H groups in total. The summed E-state index contributed by atoms with van der Waals surface area (Å²) >= 11 is 6.47. The number of allylic oxidation sites excluding steroid dienone is 1. The average molecular weight is 649 g/mol. The second-order valence-electron chi connectivity index (χ2n) is 14.0. The Labute approximate surface area is 286 Å². The normalized spacial score (nSPS) is 14.5. The first-order valence-electron chi connectivity index (χ1n) is 17.2. The zero-order valence-electron chi connectivity index (χ0n) is 29.8. The standard InChI is InChI=1S/C41H61ClN2O2/c1-28(2)22-38(35(9)45)24-31(5)32(6)27-43-34(8)40(26-37-20-21-41(46-10)39(42)25-37)44-33(7)17-15-14-16-29(3)30(4)23-36-18-12-11-13-19-36/h11-13,18-21,25,28-30,32,38,40,43-44H,5,7-8,14-17,22-24,26-27H2,1-4,6,9-10H3/t29?,30?,32?,38?,40-/m1/s1. The van der Waals surface area contributed by atoms with E-state index in [4.69, 9.17) is 16.3 Å². The van der Waals surface area contributed by atoms with Gasteiger partial charge in [-0.25, -0.2) is 0 Å². The van der Waals surface area contributed by atoms with Crippen molar-refractivity contribution < 1.29 is 9.53 Å². The van der Waals surface area contributed by atoms with E-state index in [0.29, 0.717) is 41.5 Å². The summed E-state index contributed by atoms with van der Waals surface area (Å²) in [6.45, 7) is 26.8. The third kappa shape index (κ3) is 14.2. The number of ether oxygens (including phenoxy) is 1. The molecule has 0 amide bonds. The smallest absolute Gasteiger partial charge is 0.137 e. The predicted molar refractivity (Wildman–Crippen MR) is 198 cm³/mol. The Morgan fingerprint density at radius 3 is 2.22 bits per heavy atom. The molecule has 46 heavy (non-hydrogen) atoms. The highest BCUT2D eigenvalue weighted by molar-refractivity contribution is 6.32. The van der Waals surface area contributed by atoms with Crippen molar-refractivity contribution in [3.8, 4) is 5.75 Å². The number of benzene rings is 2. The minimum atomic E-state index is -0.0619. The summed E-state index contributed by atoms with van der Waals surface area (Å²) in [6, 6.07) is 16.7. The number of carbonyl (C=O) groups excluding carboxylic acids is 1. The molecule has 0 aliphatic heterocycles. The molecule has 4 unspecified atom stereocenters. The van der Waals surface area contributed by atoms with Gasteiger partial charge in [-0.15, -0.1) is 0 Å². The first-order chi connectivity index (χ1) is 21.8. The number of rotatable bonds is 23. The summed E-state index contributed by atoms with van der Waals surface area (Å²) in [5.74, 6) is 2.95. The van der Waals surface area contributed by atoms with Gasteiger partial charge in [0, 0.05) is 23.9 Å². The van der Waals surface area contributed by atoms with Crippen molar-refractivity contribution in [3.63, 3.8) is 0 Å². The van der Waals surface area contributed by atoms with Crippen LogP contribution >= 0.6 is 11.6 Å². The van der Waals surface area contributed by atoms with Gasteiger partial charge in [0.15, 0.2) is 0 Å². The van der Waals surface area contributed by atoms with Crippen LogP contribution in [0.3, 0.4) is 0 Å². The lowest BCUT2D eigenvalue weighted by atomic mass is 9.85. The fourth-order valence-corrected chi connectivity index (χ4v) is 6.24. The van der Waals surface area contributed by atoms with Gasteiger partial charge in [-0.05, 0) is 92.4 Å². The monoisotopic (exact) mass is 648 g/mol. The maximum absolute atomic E-state index is 12.3. The molecule has 0 aliphatic rings. The topological polar surface area (TPSA) is 50.4 Å². The van der Waals surface area contributed by atoms with E-state index in [1.165, 1.54) is 18.4 Å². The molecule has 5 heteroatoms. The molecule has 2 aromatic carbocycles. The number of carbonyl (C=O) groups is 1. The predicted octanol–water partition coefficient (Wildman–Crippen LogP) is 10.4. The summed E-state index contributed by atoms with van der Waals surface area (Å²) in [6.07, 6.45) is 7.87. The van der Waals surface area contributed by atoms with Crippen LogP contribution in [0.1, 0.15) is 91.2 Å². The van der Waals surface area contributed by atoms with Gasteiger partial charge in [0.2, 0.25) is 0 Å². The quantitative estimate of drug-likeness (QED) is 0.0930. The van der Waals surface area contributed by atoms with Crippen LogP contribution < -0.4 is 15.4 Å². The molecule has 0 spiro atoms. The molecule has 2 rings (SSSR count). The van der Waals surface area contributed by atoms with Crippen molar-refractivity contribution in [2.75, 3.05) is 13.7 Å². The number of hydrogen-bond donors (Lipinski definition) is 2. The maximum Gasteiger partial charge on any atom is 0.137 e. The van der Waals surface area contributed by atoms with Crippen LogP contribution in [0, 0.1) is 29.6 Å². The van der Waals surface area contributed by atoms with Crippen LogP contribution in [-0.2, 0) is 17.6 Å². The fourth-order valence-electron chi connectivity index (χ4n) is 5.96. The Morgan fingerprint density at radius 2 is 1.61 bits per heavy atom. The van der Waals surface area contributed by atoms with Gasteiger partial charge in [0.05, 0.1) is 18.2 Å². The third-order valence-corrected chi connectivity index (χ3v) is 9.68. The van der Waals surface area contributed by atoms with Crippen LogP contribution in [-0.4, -0.2) is 25.5 Å². The Kier molecular flexibility index (Phi) is 17.3. The summed E-state index contributed by atoms with van der Waals surface area (Å²) in [7, 11) is 1.63. The Hall–Kier alpha value is -2.98. The Balaban J connectivity index is 1.96. The zero-order chi connectivity index (χ0) is 34.2. The van der Waals surface area contributed by atoms with Gasteiger partial charge >= 0.3 is 0 Å². The van der Waals surface area contributed by atoms with E-state index >= 15 is 0 Å². The lowest BCUT2D eigenvalue weighted by Crippen LogP contribution is -2.38. The van der Waals surface area contributed by atoms with Crippen molar-refractivity contribution in [3.05, 3.63) is 101 Å². The van der Waals surface area contributed by atoms with Crippen molar-refractivity contribution in [1.82, 2.24) is 10.6 Å². The van der Waals surface area contributed by atoms with Crippen LogP contribution in [0.2, 0.25) is 5.02 Å². The Morgan fingerprint density at radius 1 is 0.913 bits per heavy atom. The Bertz CT molecular complexity index is 1250. The van der Waals surface area contributed by atoms with Crippen molar-refractivity contribution in [2.45, 2.75) is 99.0 Å². The summed E-state index contributed by atoms with van der Waals surface area (Å²) in [5.41, 5.74) is 5.54. The highest BCUT2D eigenvalue weighted by Crippen LogP contribution is 2.27. The van der Waals surface area contributed by atoms with Crippen LogP contribution in [0.25, 0.3) is 0 Å². The molecule has 2 aromatic rings. The molecule has 5 atom stereocenters. The summed E-state index contributed by atoms with van der Waals surface area (Å²) in [4.78, 5) is 12.3. The lowest BCUT2D eigenvalue weighted by molar-refractivity contribution is -0.121. The van der Waals surface area contributed by atoms with Gasteiger partial charge < -0.3 is 15.4 Å². The first-order valence-corrected chi connectivity index (χ1v) is 17.6. The van der Waals surface area contributed by atoms with Gasteiger partial charge in [-0.1, -0.05) is 121 Å². The first kappa shape index (κ1) is 39.2. The number of ketones is 1. The summed E-state index contributed by atoms with van der Waals surface area (Å²) in [5, 5.41) is 7.86. The summed E-state index contributed by atoms with van der Waals surface area (Å²) < 4.78 is 5.36. The number of Topliss-reactive ketones (excluding diaryl/α,β-unsaturated/α-hetero) is 1. The number of methoxy groups -OCH3 is 1. The lowest BCUT2D eigenvalue weighted by Gasteiger charge is -2.27. The second-order valence-corrected chi connectivity index (χ2v) is 14.4. The largest absolute Gasteiger partial charge is 0.495 e. The van der Waals surface area contributed by atoms with E-state index in [9.17, 15) is 4.79 Å². The molecule has 0 aromatic heterocycles. The molecule has 4 nitrogen and oxygen atoms in total. The van der Waals surface area contributed by atoms with E-state index in [0.717, 1.165) is 54.6 Å². The van der Waals surface area contributed by atoms with Crippen LogP contribution in [0.5, 0.6) is 5.75 Å². The molecular formula is C41H61ClN2O2. The molecule has 0 radical (unpaired) electrons. The third-order valence-electron chi connectivity index (χ3n) is 9.39. The number of unbranched alkanes of at least 4 members (excludes halogenated alkanes) is 1. The number of nitrogens with one attached hydrogen (secondary N) is 2. The minimum Gasteiger partial charge on any atom is -0.495 e. The van der Waals surface area contributed by atoms with Crippen LogP contribution in [0.15, 0.2) is 85.2 Å². The molecular weight excluding hydrogens is 588 g/mol.